The molecule has 0 aliphatic heterocycles. The molecule has 2 N–H and O–H groups in total. The van der Waals surface area contributed by atoms with Gasteiger partial charge in [0.05, 0.1) is 12.0 Å². The van der Waals surface area contributed by atoms with Crippen LogP contribution in [0.4, 0.5) is 11.4 Å². The number of ether oxygens (including phenoxy) is 1. The predicted octanol–water partition coefficient (Wildman–Crippen LogP) is 2.36. The first-order chi connectivity index (χ1) is 11.9. The van der Waals surface area contributed by atoms with E-state index in [1.54, 1.807) is 31.4 Å². The van der Waals surface area contributed by atoms with E-state index in [0.29, 0.717) is 11.4 Å². The SMILES string of the molecule is COc1ccc(NC(=O)C(C)NC(=O)c2cccc([N+](=O)[O-])c2)cc1. The minimum atomic E-state index is -0.825. The number of non-ortho nitro benzene ring substituents is 1. The molecule has 0 aliphatic rings. The molecule has 0 saturated heterocycles. The van der Waals surface area contributed by atoms with Gasteiger partial charge in [0.1, 0.15) is 11.8 Å². The Labute approximate surface area is 144 Å². The van der Waals surface area contributed by atoms with Gasteiger partial charge in [0.2, 0.25) is 5.91 Å². The van der Waals surface area contributed by atoms with Gasteiger partial charge in [0.15, 0.2) is 0 Å². The number of benzene rings is 2. The summed E-state index contributed by atoms with van der Waals surface area (Å²) < 4.78 is 5.03. The van der Waals surface area contributed by atoms with E-state index >= 15 is 0 Å². The fourth-order valence-electron chi connectivity index (χ4n) is 2.03. The zero-order valence-corrected chi connectivity index (χ0v) is 13.7. The largest absolute Gasteiger partial charge is 0.497 e. The van der Waals surface area contributed by atoms with E-state index in [1.807, 2.05) is 0 Å². The van der Waals surface area contributed by atoms with Crippen molar-refractivity contribution in [3.8, 4) is 5.75 Å². The van der Waals surface area contributed by atoms with Crippen molar-refractivity contribution in [1.29, 1.82) is 0 Å². The summed E-state index contributed by atoms with van der Waals surface area (Å²) in [5.74, 6) is -0.324. The van der Waals surface area contributed by atoms with Crippen LogP contribution in [0.15, 0.2) is 48.5 Å². The average molecular weight is 343 g/mol. The number of nitrogens with one attached hydrogen (secondary N) is 2. The molecule has 2 aromatic rings. The third kappa shape index (κ3) is 4.77. The molecule has 0 bridgehead atoms. The van der Waals surface area contributed by atoms with Crippen molar-refractivity contribution in [2.45, 2.75) is 13.0 Å². The van der Waals surface area contributed by atoms with Gasteiger partial charge in [-0.1, -0.05) is 6.07 Å². The number of nitrogens with zero attached hydrogens (tertiary/aromatic N) is 1. The zero-order valence-electron chi connectivity index (χ0n) is 13.7. The highest BCUT2D eigenvalue weighted by Crippen LogP contribution is 2.15. The summed E-state index contributed by atoms with van der Waals surface area (Å²) in [6, 6.07) is 11.2. The molecule has 2 aromatic carbocycles. The highest BCUT2D eigenvalue weighted by Gasteiger charge is 2.18. The normalized spacial score (nSPS) is 11.3. The lowest BCUT2D eigenvalue weighted by Gasteiger charge is -2.14. The van der Waals surface area contributed by atoms with Crippen molar-refractivity contribution in [1.82, 2.24) is 5.32 Å². The number of amides is 2. The van der Waals surface area contributed by atoms with Crippen LogP contribution in [0, 0.1) is 10.1 Å². The summed E-state index contributed by atoms with van der Waals surface area (Å²) in [4.78, 5) is 34.5. The first-order valence-corrected chi connectivity index (χ1v) is 7.41. The van der Waals surface area contributed by atoms with Crippen LogP contribution in [-0.4, -0.2) is 29.9 Å². The molecule has 8 heteroatoms. The molecule has 1 unspecified atom stereocenters. The number of methoxy groups -OCH3 is 1. The van der Waals surface area contributed by atoms with E-state index < -0.39 is 22.8 Å². The molecule has 1 atom stereocenters. The molecular weight excluding hydrogens is 326 g/mol. The number of hydrogen-bond acceptors (Lipinski definition) is 5. The molecule has 0 radical (unpaired) electrons. The number of rotatable bonds is 6. The van der Waals surface area contributed by atoms with Gasteiger partial charge in [0, 0.05) is 23.4 Å². The molecule has 2 amide bonds. The van der Waals surface area contributed by atoms with Gasteiger partial charge >= 0.3 is 0 Å². The number of carbonyl (C=O) groups excluding carboxylic acids is 2. The molecule has 0 aromatic heterocycles. The second kappa shape index (κ2) is 7.91. The summed E-state index contributed by atoms with van der Waals surface area (Å²) in [6.45, 7) is 1.52. The maximum Gasteiger partial charge on any atom is 0.270 e. The van der Waals surface area contributed by atoms with Gasteiger partial charge in [0.25, 0.3) is 11.6 Å². The fraction of sp³-hybridized carbons (Fsp3) is 0.176. The number of anilines is 1. The van der Waals surface area contributed by atoms with Gasteiger partial charge in [-0.2, -0.15) is 0 Å². The van der Waals surface area contributed by atoms with Gasteiger partial charge in [-0.25, -0.2) is 0 Å². The Morgan fingerprint density at radius 2 is 1.84 bits per heavy atom. The Morgan fingerprint density at radius 1 is 1.16 bits per heavy atom. The molecule has 25 heavy (non-hydrogen) atoms. The smallest absolute Gasteiger partial charge is 0.270 e. The van der Waals surface area contributed by atoms with Crippen LogP contribution in [0.5, 0.6) is 5.75 Å². The highest BCUT2D eigenvalue weighted by atomic mass is 16.6. The van der Waals surface area contributed by atoms with Gasteiger partial charge < -0.3 is 15.4 Å². The molecule has 0 saturated carbocycles. The van der Waals surface area contributed by atoms with Gasteiger partial charge in [-0.15, -0.1) is 0 Å². The second-order valence-corrected chi connectivity index (χ2v) is 5.22. The van der Waals surface area contributed by atoms with Crippen LogP contribution in [0.1, 0.15) is 17.3 Å². The summed E-state index contributed by atoms with van der Waals surface area (Å²) in [5, 5.41) is 15.9. The van der Waals surface area contributed by atoms with Crippen LogP contribution in [0.25, 0.3) is 0 Å². The quantitative estimate of drug-likeness (QED) is 0.618. The van der Waals surface area contributed by atoms with Gasteiger partial charge in [-0.3, -0.25) is 19.7 Å². The first kappa shape index (κ1) is 17.9. The second-order valence-electron chi connectivity index (χ2n) is 5.22. The van der Waals surface area contributed by atoms with Crippen molar-refractivity contribution >= 4 is 23.2 Å². The van der Waals surface area contributed by atoms with Crippen LogP contribution in [-0.2, 0) is 4.79 Å². The maximum atomic E-state index is 12.1. The number of hydrogen-bond donors (Lipinski definition) is 2. The van der Waals surface area contributed by atoms with E-state index in [1.165, 1.54) is 25.1 Å². The Bertz CT molecular complexity index is 789. The summed E-state index contributed by atoms with van der Waals surface area (Å²) >= 11 is 0. The Balaban J connectivity index is 1.98. The Morgan fingerprint density at radius 3 is 2.44 bits per heavy atom. The lowest BCUT2D eigenvalue weighted by atomic mass is 10.1. The number of nitro benzene ring substituents is 1. The van der Waals surface area contributed by atoms with E-state index in [0.717, 1.165) is 6.07 Å². The monoisotopic (exact) mass is 343 g/mol. The van der Waals surface area contributed by atoms with E-state index in [9.17, 15) is 19.7 Å². The topological polar surface area (TPSA) is 111 Å². The van der Waals surface area contributed by atoms with Gasteiger partial charge in [-0.05, 0) is 37.3 Å². The van der Waals surface area contributed by atoms with Crippen molar-refractivity contribution < 1.29 is 19.2 Å². The van der Waals surface area contributed by atoms with Crippen molar-refractivity contribution in [3.05, 3.63) is 64.2 Å². The fourth-order valence-corrected chi connectivity index (χ4v) is 2.03. The molecule has 0 spiro atoms. The highest BCUT2D eigenvalue weighted by molar-refractivity contribution is 6.01. The predicted molar refractivity (Wildman–Crippen MR) is 91.6 cm³/mol. The van der Waals surface area contributed by atoms with Crippen LogP contribution < -0.4 is 15.4 Å². The molecule has 2 rings (SSSR count). The minimum absolute atomic E-state index is 0.110. The minimum Gasteiger partial charge on any atom is -0.497 e. The number of nitro groups is 1. The molecule has 0 aliphatic carbocycles. The average Bonchev–Trinajstić information content (AvgIpc) is 2.62. The zero-order chi connectivity index (χ0) is 18.4. The van der Waals surface area contributed by atoms with Crippen LogP contribution in [0.2, 0.25) is 0 Å². The maximum absolute atomic E-state index is 12.1. The van der Waals surface area contributed by atoms with Crippen molar-refractivity contribution in [2.24, 2.45) is 0 Å². The third-order valence-corrected chi connectivity index (χ3v) is 3.42. The van der Waals surface area contributed by atoms with Crippen LogP contribution >= 0.6 is 0 Å². The molecular formula is C17H17N3O5. The molecule has 8 nitrogen and oxygen atoms in total. The number of carbonyl (C=O) groups is 2. The third-order valence-electron chi connectivity index (χ3n) is 3.42. The van der Waals surface area contributed by atoms with E-state index in [-0.39, 0.29) is 11.3 Å². The standard InChI is InChI=1S/C17H17N3O5/c1-11(16(21)19-13-6-8-15(25-2)9-7-13)18-17(22)12-4-3-5-14(10-12)20(23)24/h3-11H,1-2H3,(H,18,22)(H,19,21). The molecule has 0 heterocycles. The lowest BCUT2D eigenvalue weighted by molar-refractivity contribution is -0.384. The Kier molecular flexibility index (Phi) is 5.67. The Hall–Kier alpha value is -3.42. The molecule has 0 fully saturated rings. The first-order valence-electron chi connectivity index (χ1n) is 7.41. The van der Waals surface area contributed by atoms with Crippen molar-refractivity contribution in [2.75, 3.05) is 12.4 Å². The van der Waals surface area contributed by atoms with Crippen molar-refractivity contribution in [3.63, 3.8) is 0 Å². The van der Waals surface area contributed by atoms with E-state index in [4.69, 9.17) is 4.74 Å². The van der Waals surface area contributed by atoms with E-state index in [2.05, 4.69) is 10.6 Å². The summed E-state index contributed by atoms with van der Waals surface area (Å²) in [7, 11) is 1.54. The lowest BCUT2D eigenvalue weighted by Crippen LogP contribution is -2.41. The summed E-state index contributed by atoms with van der Waals surface area (Å²) in [5.41, 5.74) is 0.475. The summed E-state index contributed by atoms with van der Waals surface area (Å²) in [6.07, 6.45) is 0. The van der Waals surface area contributed by atoms with Crippen LogP contribution in [0.3, 0.4) is 0 Å². The molecule has 130 valence electrons.